The van der Waals surface area contributed by atoms with E-state index in [9.17, 15) is 14.7 Å². The third-order valence-electron chi connectivity index (χ3n) is 5.10. The van der Waals surface area contributed by atoms with Crippen LogP contribution in [0.1, 0.15) is 60.2 Å². The number of aliphatic hydroxyl groups is 1. The van der Waals surface area contributed by atoms with Crippen LogP contribution in [0.3, 0.4) is 0 Å². The monoisotopic (exact) mass is 332 g/mol. The fourth-order valence-electron chi connectivity index (χ4n) is 3.12. The summed E-state index contributed by atoms with van der Waals surface area (Å²) in [6.45, 7) is 6.20. The fourth-order valence-corrected chi connectivity index (χ4v) is 3.12. The molecule has 2 N–H and O–H groups in total. The smallest absolute Gasteiger partial charge is 0.253 e. The van der Waals surface area contributed by atoms with Crippen molar-refractivity contribution < 1.29 is 14.7 Å². The van der Waals surface area contributed by atoms with E-state index in [1.165, 1.54) is 0 Å². The zero-order valence-electron chi connectivity index (χ0n) is 14.7. The minimum absolute atomic E-state index is 0.0391. The number of hydrogen-bond acceptors (Lipinski definition) is 3. The van der Waals surface area contributed by atoms with Crippen LogP contribution < -0.4 is 5.32 Å². The molecule has 1 aliphatic rings. The molecular formula is C19H28N2O3. The average Bonchev–Trinajstić information content (AvgIpc) is 2.65. The van der Waals surface area contributed by atoms with Gasteiger partial charge in [-0.2, -0.15) is 0 Å². The Morgan fingerprint density at radius 3 is 2.46 bits per heavy atom. The predicted octanol–water partition coefficient (Wildman–Crippen LogP) is 2.45. The van der Waals surface area contributed by atoms with Crippen LogP contribution in [0.2, 0.25) is 0 Å². The molecule has 0 aromatic heterocycles. The Bertz CT molecular complexity index is 572. The Morgan fingerprint density at radius 1 is 1.21 bits per heavy atom. The molecule has 5 nitrogen and oxygen atoms in total. The minimum atomic E-state index is -0.143. The summed E-state index contributed by atoms with van der Waals surface area (Å²) in [5.74, 6) is -0.182. The van der Waals surface area contributed by atoms with E-state index in [0.29, 0.717) is 30.8 Å². The van der Waals surface area contributed by atoms with E-state index in [0.717, 1.165) is 25.7 Å². The van der Waals surface area contributed by atoms with Gasteiger partial charge in [0.15, 0.2) is 0 Å². The Labute approximate surface area is 144 Å². The van der Waals surface area contributed by atoms with Crippen LogP contribution >= 0.6 is 0 Å². The molecule has 1 aliphatic heterocycles. The molecule has 2 amide bonds. The standard InChI is InChI=1S/C19H28N2O3/c1-3-10-20-17(23)15-6-5-7-16(13-15)18(24)21-11-8-19(4-2,14-22)9-12-21/h5-7,13,22H,3-4,8-12,14H2,1-2H3,(H,20,23). The summed E-state index contributed by atoms with van der Waals surface area (Å²) in [6, 6.07) is 6.90. The molecule has 0 radical (unpaired) electrons. The average molecular weight is 332 g/mol. The second kappa shape index (κ2) is 8.29. The van der Waals surface area contributed by atoms with Crippen molar-refractivity contribution in [3.8, 4) is 0 Å². The highest BCUT2D eigenvalue weighted by Crippen LogP contribution is 2.34. The van der Waals surface area contributed by atoms with Crippen molar-refractivity contribution >= 4 is 11.8 Å². The number of piperidine rings is 1. The maximum absolute atomic E-state index is 12.7. The quantitative estimate of drug-likeness (QED) is 0.841. The van der Waals surface area contributed by atoms with Gasteiger partial charge in [0, 0.05) is 37.4 Å². The van der Waals surface area contributed by atoms with Crippen LogP contribution in [0.4, 0.5) is 0 Å². The third kappa shape index (κ3) is 4.15. The number of amides is 2. The SMILES string of the molecule is CCCNC(=O)c1cccc(C(=O)N2CCC(CC)(CO)CC2)c1. The summed E-state index contributed by atoms with van der Waals surface area (Å²) in [4.78, 5) is 26.6. The van der Waals surface area contributed by atoms with E-state index in [4.69, 9.17) is 0 Å². The molecule has 1 fully saturated rings. The van der Waals surface area contributed by atoms with Crippen LogP contribution in [0.15, 0.2) is 24.3 Å². The van der Waals surface area contributed by atoms with Gasteiger partial charge in [0.05, 0.1) is 0 Å². The van der Waals surface area contributed by atoms with Gasteiger partial charge in [0.1, 0.15) is 0 Å². The van der Waals surface area contributed by atoms with E-state index >= 15 is 0 Å². The molecule has 0 spiro atoms. The largest absolute Gasteiger partial charge is 0.396 e. The Morgan fingerprint density at radius 2 is 1.88 bits per heavy atom. The lowest BCUT2D eigenvalue weighted by Crippen LogP contribution is -2.44. The first-order valence-electron chi connectivity index (χ1n) is 8.83. The maximum Gasteiger partial charge on any atom is 0.253 e. The van der Waals surface area contributed by atoms with E-state index in [-0.39, 0.29) is 23.8 Å². The molecule has 1 saturated heterocycles. The zero-order chi connectivity index (χ0) is 17.6. The van der Waals surface area contributed by atoms with Crippen molar-refractivity contribution in [1.29, 1.82) is 0 Å². The van der Waals surface area contributed by atoms with Gasteiger partial charge in [-0.3, -0.25) is 9.59 Å². The molecule has 1 aromatic rings. The van der Waals surface area contributed by atoms with Gasteiger partial charge >= 0.3 is 0 Å². The molecule has 0 aliphatic carbocycles. The second-order valence-electron chi connectivity index (χ2n) is 6.64. The molecule has 0 atom stereocenters. The summed E-state index contributed by atoms with van der Waals surface area (Å²) in [7, 11) is 0. The molecular weight excluding hydrogens is 304 g/mol. The van der Waals surface area contributed by atoms with Gasteiger partial charge in [0.25, 0.3) is 11.8 Å². The number of nitrogens with zero attached hydrogens (tertiary/aromatic N) is 1. The van der Waals surface area contributed by atoms with E-state index in [2.05, 4.69) is 12.2 Å². The van der Waals surface area contributed by atoms with Crippen molar-refractivity contribution in [2.45, 2.75) is 39.5 Å². The van der Waals surface area contributed by atoms with Gasteiger partial charge in [-0.25, -0.2) is 0 Å². The van der Waals surface area contributed by atoms with Crippen LogP contribution in [0.5, 0.6) is 0 Å². The van der Waals surface area contributed by atoms with Gasteiger partial charge in [-0.15, -0.1) is 0 Å². The number of carbonyl (C=O) groups excluding carboxylic acids is 2. The molecule has 24 heavy (non-hydrogen) atoms. The molecule has 0 saturated carbocycles. The first kappa shape index (κ1) is 18.5. The predicted molar refractivity (Wildman–Crippen MR) is 94.0 cm³/mol. The maximum atomic E-state index is 12.7. The molecule has 1 heterocycles. The lowest BCUT2D eigenvalue weighted by atomic mass is 9.77. The van der Waals surface area contributed by atoms with Crippen molar-refractivity contribution in [3.63, 3.8) is 0 Å². The van der Waals surface area contributed by atoms with Gasteiger partial charge in [-0.1, -0.05) is 19.9 Å². The summed E-state index contributed by atoms with van der Waals surface area (Å²) in [5, 5.41) is 12.4. The normalized spacial score (nSPS) is 16.7. The molecule has 0 bridgehead atoms. The van der Waals surface area contributed by atoms with Crippen molar-refractivity contribution in [1.82, 2.24) is 10.2 Å². The molecule has 5 heteroatoms. The van der Waals surface area contributed by atoms with E-state index < -0.39 is 0 Å². The second-order valence-corrected chi connectivity index (χ2v) is 6.64. The summed E-state index contributed by atoms with van der Waals surface area (Å²) in [5.41, 5.74) is 1.02. The minimum Gasteiger partial charge on any atom is -0.396 e. The van der Waals surface area contributed by atoms with Crippen LogP contribution in [0, 0.1) is 5.41 Å². The van der Waals surface area contributed by atoms with Crippen LogP contribution in [-0.2, 0) is 0 Å². The summed E-state index contributed by atoms with van der Waals surface area (Å²) >= 11 is 0. The first-order valence-corrected chi connectivity index (χ1v) is 8.83. The highest BCUT2D eigenvalue weighted by Gasteiger charge is 2.34. The number of benzene rings is 1. The van der Waals surface area contributed by atoms with Crippen molar-refractivity contribution in [2.24, 2.45) is 5.41 Å². The number of rotatable bonds is 6. The number of carbonyl (C=O) groups is 2. The summed E-state index contributed by atoms with van der Waals surface area (Å²) in [6.07, 6.45) is 3.45. The fraction of sp³-hybridized carbons (Fsp3) is 0.579. The first-order chi connectivity index (χ1) is 11.5. The topological polar surface area (TPSA) is 69.6 Å². The number of nitrogens with one attached hydrogen (secondary N) is 1. The van der Waals surface area contributed by atoms with Crippen molar-refractivity contribution in [2.75, 3.05) is 26.2 Å². The van der Waals surface area contributed by atoms with Crippen molar-refractivity contribution in [3.05, 3.63) is 35.4 Å². The molecule has 132 valence electrons. The van der Waals surface area contributed by atoms with E-state index in [1.54, 1.807) is 24.3 Å². The molecule has 2 rings (SSSR count). The van der Waals surface area contributed by atoms with E-state index in [1.807, 2.05) is 11.8 Å². The number of aliphatic hydroxyl groups excluding tert-OH is 1. The van der Waals surface area contributed by atoms with Crippen LogP contribution in [0.25, 0.3) is 0 Å². The van der Waals surface area contributed by atoms with Crippen LogP contribution in [-0.4, -0.2) is 48.1 Å². The highest BCUT2D eigenvalue weighted by molar-refractivity contribution is 5.99. The van der Waals surface area contributed by atoms with Gasteiger partial charge in [-0.05, 0) is 49.3 Å². The Kier molecular flexibility index (Phi) is 6.37. The number of likely N-dealkylation sites (tertiary alicyclic amines) is 1. The Hall–Kier alpha value is -1.88. The lowest BCUT2D eigenvalue weighted by molar-refractivity contribution is 0.0338. The molecule has 1 aromatic carbocycles. The lowest BCUT2D eigenvalue weighted by Gasteiger charge is -2.40. The van der Waals surface area contributed by atoms with Gasteiger partial charge in [0.2, 0.25) is 0 Å². The third-order valence-corrected chi connectivity index (χ3v) is 5.10. The highest BCUT2D eigenvalue weighted by atomic mass is 16.3. The summed E-state index contributed by atoms with van der Waals surface area (Å²) < 4.78 is 0. The zero-order valence-corrected chi connectivity index (χ0v) is 14.7. The van der Waals surface area contributed by atoms with Gasteiger partial charge < -0.3 is 15.3 Å². The Balaban J connectivity index is 2.04. The molecule has 0 unspecified atom stereocenters. The number of hydrogen-bond donors (Lipinski definition) is 2.